The summed E-state index contributed by atoms with van der Waals surface area (Å²) < 4.78 is 13.0. The Morgan fingerprint density at radius 2 is 1.86 bits per heavy atom. The highest BCUT2D eigenvalue weighted by Crippen LogP contribution is 2.39. The second-order valence-electron chi connectivity index (χ2n) is 6.17. The molecule has 2 aromatic rings. The molecule has 1 unspecified atom stereocenters. The van der Waals surface area contributed by atoms with Gasteiger partial charge in [0.25, 0.3) is 0 Å². The molecule has 0 saturated heterocycles. The summed E-state index contributed by atoms with van der Waals surface area (Å²) in [6, 6.07) is 6.27. The molecule has 0 bridgehead atoms. The molecule has 2 N–H and O–H groups in total. The quantitative estimate of drug-likeness (QED) is 0.894. The van der Waals surface area contributed by atoms with Gasteiger partial charge in [-0.05, 0) is 48.9 Å². The first-order valence-electron chi connectivity index (χ1n) is 7.62. The molecule has 1 heterocycles. The number of aliphatic hydroxyl groups is 1. The standard InChI is InChI=1S/C17H21FN2O/c1-11-2-4-13(5-3-11)17(21)15-10-19-20-16(15)12-6-8-14(18)9-7-12/h6-11,13,17,21H,2-5H2,1H3,(H,19,20). The summed E-state index contributed by atoms with van der Waals surface area (Å²) >= 11 is 0. The number of aliphatic hydroxyl groups excluding tert-OH is 1. The van der Waals surface area contributed by atoms with Gasteiger partial charge in [-0.2, -0.15) is 5.10 Å². The Morgan fingerprint density at radius 3 is 2.52 bits per heavy atom. The van der Waals surface area contributed by atoms with Crippen LogP contribution in [-0.4, -0.2) is 15.3 Å². The molecule has 1 aliphatic rings. The Morgan fingerprint density at radius 1 is 1.19 bits per heavy atom. The molecule has 0 amide bonds. The second kappa shape index (κ2) is 5.98. The summed E-state index contributed by atoms with van der Waals surface area (Å²) in [5.41, 5.74) is 2.47. The van der Waals surface area contributed by atoms with Crippen molar-refractivity contribution in [2.45, 2.75) is 38.7 Å². The topological polar surface area (TPSA) is 48.9 Å². The van der Waals surface area contributed by atoms with Crippen LogP contribution in [0.5, 0.6) is 0 Å². The first-order chi connectivity index (χ1) is 10.1. The minimum Gasteiger partial charge on any atom is -0.388 e. The fourth-order valence-corrected chi connectivity index (χ4v) is 3.22. The Bertz CT molecular complexity index is 585. The van der Waals surface area contributed by atoms with Gasteiger partial charge in [0, 0.05) is 11.1 Å². The van der Waals surface area contributed by atoms with Gasteiger partial charge in [0.1, 0.15) is 5.82 Å². The van der Waals surface area contributed by atoms with Gasteiger partial charge in [-0.25, -0.2) is 4.39 Å². The summed E-state index contributed by atoms with van der Waals surface area (Å²) in [4.78, 5) is 0. The number of rotatable bonds is 3. The van der Waals surface area contributed by atoms with Gasteiger partial charge in [-0.1, -0.05) is 19.8 Å². The lowest BCUT2D eigenvalue weighted by atomic mass is 9.78. The predicted octanol–water partition coefficient (Wildman–Crippen LogP) is 4.08. The van der Waals surface area contributed by atoms with Gasteiger partial charge >= 0.3 is 0 Å². The van der Waals surface area contributed by atoms with Crippen molar-refractivity contribution in [3.05, 3.63) is 41.8 Å². The number of hydrogen-bond donors (Lipinski definition) is 2. The highest BCUT2D eigenvalue weighted by molar-refractivity contribution is 5.63. The fraction of sp³-hybridized carbons (Fsp3) is 0.471. The van der Waals surface area contributed by atoms with Gasteiger partial charge in [-0.3, -0.25) is 5.10 Å². The first kappa shape index (κ1) is 14.3. The van der Waals surface area contributed by atoms with Crippen LogP contribution in [-0.2, 0) is 0 Å². The third kappa shape index (κ3) is 3.00. The van der Waals surface area contributed by atoms with Crippen LogP contribution in [0, 0.1) is 17.7 Å². The smallest absolute Gasteiger partial charge is 0.123 e. The number of aromatic amines is 1. The van der Waals surface area contributed by atoms with E-state index in [9.17, 15) is 9.50 Å². The number of halogens is 1. The normalized spacial score (nSPS) is 24.0. The Hall–Kier alpha value is -1.68. The molecule has 3 rings (SSSR count). The molecule has 1 aromatic heterocycles. The average Bonchev–Trinajstić information content (AvgIpc) is 2.97. The van der Waals surface area contributed by atoms with Crippen molar-refractivity contribution in [1.82, 2.24) is 10.2 Å². The van der Waals surface area contributed by atoms with Crippen molar-refractivity contribution >= 4 is 0 Å². The van der Waals surface area contributed by atoms with Crippen molar-refractivity contribution in [3.63, 3.8) is 0 Å². The third-order valence-corrected chi connectivity index (χ3v) is 4.63. The van der Waals surface area contributed by atoms with Gasteiger partial charge in [-0.15, -0.1) is 0 Å². The zero-order valence-electron chi connectivity index (χ0n) is 12.2. The summed E-state index contributed by atoms with van der Waals surface area (Å²) in [6.45, 7) is 2.27. The Balaban J connectivity index is 1.83. The van der Waals surface area contributed by atoms with Crippen LogP contribution >= 0.6 is 0 Å². The van der Waals surface area contributed by atoms with E-state index in [1.807, 2.05) is 0 Å². The molecule has 1 aromatic carbocycles. The monoisotopic (exact) mass is 288 g/mol. The van der Waals surface area contributed by atoms with E-state index in [1.54, 1.807) is 18.3 Å². The lowest BCUT2D eigenvalue weighted by molar-refractivity contribution is 0.0760. The summed E-state index contributed by atoms with van der Waals surface area (Å²) in [6.07, 6.45) is 5.64. The van der Waals surface area contributed by atoms with E-state index in [2.05, 4.69) is 17.1 Å². The lowest BCUT2D eigenvalue weighted by Gasteiger charge is -2.29. The first-order valence-corrected chi connectivity index (χ1v) is 7.62. The number of nitrogens with one attached hydrogen (secondary N) is 1. The van der Waals surface area contributed by atoms with E-state index in [0.717, 1.165) is 35.6 Å². The van der Waals surface area contributed by atoms with Crippen molar-refractivity contribution in [2.75, 3.05) is 0 Å². The van der Waals surface area contributed by atoms with Gasteiger partial charge in [0.15, 0.2) is 0 Å². The summed E-state index contributed by atoms with van der Waals surface area (Å²) in [7, 11) is 0. The molecule has 1 atom stereocenters. The number of nitrogens with zero attached hydrogens (tertiary/aromatic N) is 1. The molecule has 0 radical (unpaired) electrons. The van der Waals surface area contributed by atoms with Crippen molar-refractivity contribution < 1.29 is 9.50 Å². The Labute approximate surface area is 124 Å². The van der Waals surface area contributed by atoms with Crippen LogP contribution in [0.15, 0.2) is 30.5 Å². The third-order valence-electron chi connectivity index (χ3n) is 4.63. The highest BCUT2D eigenvalue weighted by atomic mass is 19.1. The lowest BCUT2D eigenvalue weighted by Crippen LogP contribution is -2.19. The van der Waals surface area contributed by atoms with E-state index < -0.39 is 6.10 Å². The molecule has 0 spiro atoms. The van der Waals surface area contributed by atoms with Crippen LogP contribution in [0.4, 0.5) is 4.39 Å². The minimum atomic E-state index is -0.503. The number of H-pyrrole nitrogens is 1. The molecule has 3 nitrogen and oxygen atoms in total. The van der Waals surface area contributed by atoms with E-state index >= 15 is 0 Å². The SMILES string of the molecule is CC1CCC(C(O)c2cn[nH]c2-c2ccc(F)cc2)CC1. The molecular formula is C17H21FN2O. The largest absolute Gasteiger partial charge is 0.388 e. The van der Waals surface area contributed by atoms with E-state index in [0.29, 0.717) is 0 Å². The van der Waals surface area contributed by atoms with Crippen LogP contribution in [0.2, 0.25) is 0 Å². The molecular weight excluding hydrogens is 267 g/mol. The maximum atomic E-state index is 13.0. The molecule has 4 heteroatoms. The molecule has 0 aliphatic heterocycles. The van der Waals surface area contributed by atoms with Crippen LogP contribution in [0.25, 0.3) is 11.3 Å². The fourth-order valence-electron chi connectivity index (χ4n) is 3.22. The molecule has 21 heavy (non-hydrogen) atoms. The summed E-state index contributed by atoms with van der Waals surface area (Å²) in [5, 5.41) is 17.7. The van der Waals surface area contributed by atoms with Gasteiger partial charge < -0.3 is 5.11 Å². The van der Waals surface area contributed by atoms with Crippen LogP contribution in [0.3, 0.4) is 0 Å². The van der Waals surface area contributed by atoms with Gasteiger partial charge in [0.05, 0.1) is 18.0 Å². The van der Waals surface area contributed by atoms with Crippen molar-refractivity contribution in [3.8, 4) is 11.3 Å². The number of aromatic nitrogens is 2. The molecule has 1 saturated carbocycles. The number of hydrogen-bond acceptors (Lipinski definition) is 2. The molecule has 1 fully saturated rings. The minimum absolute atomic E-state index is 0.262. The zero-order chi connectivity index (χ0) is 14.8. The highest BCUT2D eigenvalue weighted by Gasteiger charge is 2.28. The van der Waals surface area contributed by atoms with Crippen LogP contribution < -0.4 is 0 Å². The van der Waals surface area contributed by atoms with E-state index in [-0.39, 0.29) is 11.7 Å². The van der Waals surface area contributed by atoms with Gasteiger partial charge in [0.2, 0.25) is 0 Å². The second-order valence-corrected chi connectivity index (χ2v) is 6.17. The summed E-state index contributed by atoms with van der Waals surface area (Å²) in [5.74, 6) is 0.786. The molecule has 1 aliphatic carbocycles. The maximum Gasteiger partial charge on any atom is 0.123 e. The Kier molecular flexibility index (Phi) is 4.06. The van der Waals surface area contributed by atoms with Crippen LogP contribution in [0.1, 0.15) is 44.3 Å². The number of benzene rings is 1. The average molecular weight is 288 g/mol. The van der Waals surface area contributed by atoms with E-state index in [1.165, 1.54) is 25.0 Å². The molecule has 112 valence electrons. The van der Waals surface area contributed by atoms with Crippen molar-refractivity contribution in [2.24, 2.45) is 11.8 Å². The zero-order valence-corrected chi connectivity index (χ0v) is 12.2. The maximum absolute atomic E-state index is 13.0. The predicted molar refractivity (Wildman–Crippen MR) is 80.1 cm³/mol. The van der Waals surface area contributed by atoms with Crippen molar-refractivity contribution in [1.29, 1.82) is 0 Å². The van der Waals surface area contributed by atoms with E-state index in [4.69, 9.17) is 0 Å².